The highest BCUT2D eigenvalue weighted by Crippen LogP contribution is 2.18. The van der Waals surface area contributed by atoms with Crippen LogP contribution in [0.3, 0.4) is 0 Å². The number of hydrogen-bond donors (Lipinski definition) is 6. The Balaban J connectivity index is 1.37. The lowest BCUT2D eigenvalue weighted by atomic mass is 10.1. The molecule has 4 amide bonds. The van der Waals surface area contributed by atoms with Crippen molar-refractivity contribution < 1.29 is 38.7 Å². The van der Waals surface area contributed by atoms with E-state index in [2.05, 4.69) is 31.2 Å². The van der Waals surface area contributed by atoms with Gasteiger partial charge in [0.05, 0.1) is 23.6 Å². The summed E-state index contributed by atoms with van der Waals surface area (Å²) in [5, 5.41) is 31.8. The molecule has 0 unspecified atom stereocenters. The molecule has 0 fully saturated rings. The van der Waals surface area contributed by atoms with Crippen molar-refractivity contribution in [2.24, 2.45) is 11.8 Å². The van der Waals surface area contributed by atoms with Gasteiger partial charge in [-0.2, -0.15) is 0 Å². The molecule has 0 saturated heterocycles. The minimum atomic E-state index is -1.34. The Morgan fingerprint density at radius 2 is 0.912 bits per heavy atom. The summed E-state index contributed by atoms with van der Waals surface area (Å²) < 4.78 is 11.9. The molecule has 0 bridgehead atoms. The van der Waals surface area contributed by atoms with E-state index in [1.807, 2.05) is 88.4 Å². The van der Waals surface area contributed by atoms with Gasteiger partial charge in [-0.05, 0) is 62.8 Å². The highest BCUT2D eigenvalue weighted by atomic mass is 16.6. The molecular formula is C42H53BN6O8. The van der Waals surface area contributed by atoms with E-state index >= 15 is 0 Å². The van der Waals surface area contributed by atoms with E-state index < -0.39 is 60.4 Å². The van der Waals surface area contributed by atoms with Crippen molar-refractivity contribution in [3.05, 3.63) is 108 Å². The van der Waals surface area contributed by atoms with Crippen LogP contribution >= 0.6 is 0 Å². The topological polar surface area (TPSA) is 201 Å². The summed E-state index contributed by atoms with van der Waals surface area (Å²) in [6, 6.07) is 25.9. The van der Waals surface area contributed by atoms with Gasteiger partial charge in [0.25, 0.3) is 11.8 Å². The number of pyridine rings is 2. The van der Waals surface area contributed by atoms with E-state index in [0.29, 0.717) is 24.2 Å². The highest BCUT2D eigenvalue weighted by molar-refractivity contribution is 6.18. The van der Waals surface area contributed by atoms with E-state index in [1.54, 1.807) is 24.3 Å². The largest absolute Gasteiger partial charge is 0.441 e. The van der Waals surface area contributed by atoms with Gasteiger partial charge >= 0.3 is 7.69 Å². The second kappa shape index (κ2) is 21.7. The van der Waals surface area contributed by atoms with Crippen LogP contribution in [0.25, 0.3) is 22.5 Å². The van der Waals surface area contributed by atoms with Gasteiger partial charge in [0.15, 0.2) is 0 Å². The van der Waals surface area contributed by atoms with Crippen LogP contribution in [-0.2, 0) is 18.9 Å². The van der Waals surface area contributed by atoms with Gasteiger partial charge in [0.2, 0.25) is 11.8 Å². The Morgan fingerprint density at radius 1 is 0.544 bits per heavy atom. The van der Waals surface area contributed by atoms with Crippen LogP contribution in [0.4, 0.5) is 0 Å². The third kappa shape index (κ3) is 13.9. The number of benzene rings is 2. The van der Waals surface area contributed by atoms with Crippen molar-refractivity contribution >= 4 is 31.3 Å². The molecule has 0 radical (unpaired) electrons. The van der Waals surface area contributed by atoms with Crippen LogP contribution in [0.2, 0.25) is 0 Å². The van der Waals surface area contributed by atoms with Crippen molar-refractivity contribution in [2.75, 3.05) is 0 Å². The first kappa shape index (κ1) is 44.2. The molecule has 6 atom stereocenters. The smallest absolute Gasteiger partial charge is 0.393 e. The molecule has 15 heteroatoms. The number of aliphatic hydroxyl groups excluding tert-OH is 2. The summed E-state index contributed by atoms with van der Waals surface area (Å²) in [6.07, 6.45) is -3.61. The molecule has 2 aromatic carbocycles. The lowest BCUT2D eigenvalue weighted by Gasteiger charge is -2.28. The molecule has 302 valence electrons. The summed E-state index contributed by atoms with van der Waals surface area (Å²) in [4.78, 5) is 62.3. The summed E-state index contributed by atoms with van der Waals surface area (Å²) in [6.45, 7) is 10.5. The molecule has 0 aliphatic heterocycles. The second-order valence-corrected chi connectivity index (χ2v) is 14.6. The van der Waals surface area contributed by atoms with E-state index in [4.69, 9.17) is 9.31 Å². The van der Waals surface area contributed by atoms with E-state index in [0.717, 1.165) is 11.1 Å². The number of nitrogens with zero attached hydrogens (tertiary/aromatic N) is 2. The van der Waals surface area contributed by atoms with Crippen molar-refractivity contribution in [1.29, 1.82) is 0 Å². The molecule has 0 aliphatic carbocycles. The third-order valence-corrected chi connectivity index (χ3v) is 8.72. The molecule has 0 spiro atoms. The molecule has 0 saturated carbocycles. The van der Waals surface area contributed by atoms with Gasteiger partial charge in [-0.1, -0.05) is 100 Å². The van der Waals surface area contributed by atoms with Crippen LogP contribution in [-0.4, -0.2) is 88.2 Å². The number of aromatic nitrogens is 2. The number of carbonyl (C=O) groups excluding carboxylic acids is 4. The molecule has 2 aromatic heterocycles. The van der Waals surface area contributed by atoms with Crippen LogP contribution in [0.15, 0.2) is 97.1 Å². The SMILES string of the molecule is CC(C)C[C@H](NC(=O)[C@@H](NC(=O)c1cccc(-c2ccccc2)n1)[C@@H](C)O)OBO[C@H](CC(C)C)NC(=O)[C@@H](NC(=O)c1cccc(-c2ccccc2)n1)[C@@H](C)O. The van der Waals surface area contributed by atoms with Gasteiger partial charge in [-0.15, -0.1) is 0 Å². The summed E-state index contributed by atoms with van der Waals surface area (Å²) in [7, 11) is -0.362. The minimum absolute atomic E-state index is 0.0595. The zero-order chi connectivity index (χ0) is 41.5. The van der Waals surface area contributed by atoms with E-state index in [-0.39, 0.29) is 30.9 Å². The summed E-state index contributed by atoms with van der Waals surface area (Å²) >= 11 is 0. The predicted molar refractivity (Wildman–Crippen MR) is 217 cm³/mol. The Kier molecular flexibility index (Phi) is 16.9. The summed E-state index contributed by atoms with van der Waals surface area (Å²) in [5.74, 6) is -2.54. The van der Waals surface area contributed by atoms with Gasteiger partial charge in [0.1, 0.15) is 35.9 Å². The minimum Gasteiger partial charge on any atom is -0.393 e. The van der Waals surface area contributed by atoms with Crippen LogP contribution in [0.5, 0.6) is 0 Å². The fraction of sp³-hybridized carbons (Fsp3) is 0.381. The monoisotopic (exact) mass is 780 g/mol. The fourth-order valence-electron chi connectivity index (χ4n) is 5.80. The second-order valence-electron chi connectivity index (χ2n) is 14.6. The van der Waals surface area contributed by atoms with E-state index in [9.17, 15) is 29.4 Å². The number of aliphatic hydroxyl groups is 2. The molecular weight excluding hydrogens is 727 g/mol. The van der Waals surface area contributed by atoms with Gasteiger partial charge in [-0.3, -0.25) is 19.2 Å². The Labute approximate surface area is 334 Å². The maximum Gasteiger partial charge on any atom is 0.441 e. The molecule has 2 heterocycles. The number of carbonyl (C=O) groups is 4. The average Bonchev–Trinajstić information content (AvgIpc) is 3.18. The molecule has 57 heavy (non-hydrogen) atoms. The molecule has 0 aliphatic rings. The predicted octanol–water partition coefficient (Wildman–Crippen LogP) is 3.75. The Morgan fingerprint density at radius 3 is 1.25 bits per heavy atom. The normalized spacial score (nSPS) is 14.4. The number of amides is 4. The maximum atomic E-state index is 13.5. The van der Waals surface area contributed by atoms with Crippen molar-refractivity contribution in [2.45, 2.75) is 91.1 Å². The fourth-order valence-corrected chi connectivity index (χ4v) is 5.80. The van der Waals surface area contributed by atoms with Crippen molar-refractivity contribution in [3.8, 4) is 22.5 Å². The summed E-state index contributed by atoms with van der Waals surface area (Å²) in [5.41, 5.74) is 2.93. The average molecular weight is 781 g/mol. The van der Waals surface area contributed by atoms with Gasteiger partial charge in [-0.25, -0.2) is 9.97 Å². The molecule has 6 N–H and O–H groups in total. The lowest BCUT2D eigenvalue weighted by molar-refractivity contribution is -0.128. The van der Waals surface area contributed by atoms with E-state index in [1.165, 1.54) is 26.0 Å². The van der Waals surface area contributed by atoms with Gasteiger partial charge in [0, 0.05) is 11.1 Å². The molecule has 4 aromatic rings. The van der Waals surface area contributed by atoms with Crippen LogP contribution in [0.1, 0.15) is 75.4 Å². The third-order valence-electron chi connectivity index (χ3n) is 8.72. The number of nitrogens with one attached hydrogen (secondary N) is 4. The zero-order valence-corrected chi connectivity index (χ0v) is 33.2. The zero-order valence-electron chi connectivity index (χ0n) is 33.2. The first-order valence-corrected chi connectivity index (χ1v) is 19.1. The number of rotatable bonds is 20. The maximum absolute atomic E-state index is 13.5. The lowest BCUT2D eigenvalue weighted by Crippen LogP contribution is -2.56. The quantitative estimate of drug-likeness (QED) is 0.0567. The van der Waals surface area contributed by atoms with Gasteiger partial charge < -0.3 is 40.8 Å². The number of hydrogen-bond acceptors (Lipinski definition) is 10. The highest BCUT2D eigenvalue weighted by Gasteiger charge is 2.31. The Bertz CT molecular complexity index is 1780. The Hall–Kier alpha value is -5.48. The van der Waals surface area contributed by atoms with Crippen LogP contribution in [0, 0.1) is 11.8 Å². The van der Waals surface area contributed by atoms with Crippen LogP contribution < -0.4 is 21.3 Å². The standard InChI is InChI=1S/C42H53BN6O8/c1-25(2)23-35(46-41(54)37(27(5)50)48-39(52)33-21-13-19-31(44-33)29-15-9-7-10-16-29)56-43-57-36(24-26(3)4)47-42(55)38(28(6)51)49-40(53)34-22-14-20-32(45-34)30-17-11-8-12-18-30/h7-22,25-28,35-38,43,50-51H,23-24H2,1-6H3,(H,46,54)(H,47,55)(H,48,52)(H,49,53)/t27-,28-,35-,36-,37+,38+/m1/s1. The van der Waals surface area contributed by atoms with Crippen molar-refractivity contribution in [3.63, 3.8) is 0 Å². The van der Waals surface area contributed by atoms with Crippen molar-refractivity contribution in [1.82, 2.24) is 31.2 Å². The molecule has 4 rings (SSSR count). The first-order chi connectivity index (χ1) is 27.2. The first-order valence-electron chi connectivity index (χ1n) is 19.1. The molecule has 14 nitrogen and oxygen atoms in total.